The zero-order chi connectivity index (χ0) is 15.0. The van der Waals surface area contributed by atoms with Crippen molar-refractivity contribution in [2.45, 2.75) is 32.1 Å². The van der Waals surface area contributed by atoms with Crippen LogP contribution in [0.25, 0.3) is 0 Å². The average Bonchev–Trinajstić information content (AvgIpc) is 2.25. The van der Waals surface area contributed by atoms with Crippen LogP contribution >= 0.6 is 0 Å². The topological polar surface area (TPSA) is 149 Å². The van der Waals surface area contributed by atoms with Gasteiger partial charge < -0.3 is 20.4 Å². The van der Waals surface area contributed by atoms with Crippen LogP contribution in [-0.2, 0) is 19.2 Å². The molecule has 0 spiro atoms. The molecule has 0 aliphatic heterocycles. The molecule has 0 rings (SSSR count). The molecule has 0 fully saturated rings. The Morgan fingerprint density at radius 1 is 0.579 bits per heavy atom. The highest BCUT2D eigenvalue weighted by Gasteiger charge is 2.26. The van der Waals surface area contributed by atoms with E-state index in [0.717, 1.165) is 0 Å². The Bertz CT molecular complexity index is 300. The lowest BCUT2D eigenvalue weighted by Gasteiger charge is -2.08. The van der Waals surface area contributed by atoms with Crippen molar-refractivity contribution in [1.29, 1.82) is 0 Å². The number of carbonyl (C=O) groups is 4. The largest absolute Gasteiger partial charge is 0.481 e. The van der Waals surface area contributed by atoms with E-state index in [1.165, 1.54) is 0 Å². The van der Waals surface area contributed by atoms with Gasteiger partial charge >= 0.3 is 23.9 Å². The molecule has 0 amide bonds. The molecule has 108 valence electrons. The Hall–Kier alpha value is -2.12. The summed E-state index contributed by atoms with van der Waals surface area (Å²) in [4.78, 5) is 42.2. The molecule has 0 saturated heterocycles. The normalized spacial score (nSPS) is 10.6. The summed E-state index contributed by atoms with van der Waals surface area (Å²) < 4.78 is 0. The molecule has 0 aromatic rings. The maximum atomic E-state index is 10.6. The quantitative estimate of drug-likeness (QED) is 0.333. The van der Waals surface area contributed by atoms with Crippen LogP contribution in [0.3, 0.4) is 0 Å². The zero-order valence-electron chi connectivity index (χ0n) is 10.1. The summed E-state index contributed by atoms with van der Waals surface area (Å²) in [6.07, 6.45) is 0.837. The summed E-state index contributed by atoms with van der Waals surface area (Å²) in [5.41, 5.74) is 0. The van der Waals surface area contributed by atoms with E-state index in [-0.39, 0.29) is 25.7 Å². The molecule has 0 aromatic heterocycles. The highest BCUT2D eigenvalue weighted by atomic mass is 16.4. The highest BCUT2D eigenvalue weighted by molar-refractivity contribution is 5.93. The Kier molecular flexibility index (Phi) is 7.16. The summed E-state index contributed by atoms with van der Waals surface area (Å²) in [7, 11) is 0. The molecule has 8 heteroatoms. The van der Waals surface area contributed by atoms with Gasteiger partial charge in [-0.1, -0.05) is 19.3 Å². The van der Waals surface area contributed by atoms with Crippen LogP contribution < -0.4 is 0 Å². The fraction of sp³-hybridized carbons (Fsp3) is 0.636. The molecule has 0 aromatic carbocycles. The van der Waals surface area contributed by atoms with Crippen LogP contribution in [0.4, 0.5) is 0 Å². The SMILES string of the molecule is O=C(O)C(CCCCCC(C(=O)O)C(=O)O)C(=O)O. The molecule has 0 aliphatic rings. The smallest absolute Gasteiger partial charge is 0.317 e. The molecule has 0 radical (unpaired) electrons. The van der Waals surface area contributed by atoms with E-state index in [4.69, 9.17) is 20.4 Å². The standard InChI is InChI=1S/C11H16O8/c12-8(13)6(9(14)15)4-2-1-3-5-7(10(16)17)11(18)19/h6-7H,1-5H2,(H,12,13)(H,14,15)(H,16,17)(H,18,19). The van der Waals surface area contributed by atoms with E-state index < -0.39 is 35.7 Å². The molecule has 0 atom stereocenters. The second-order valence-corrected chi connectivity index (χ2v) is 4.10. The van der Waals surface area contributed by atoms with Crippen molar-refractivity contribution in [3.05, 3.63) is 0 Å². The van der Waals surface area contributed by atoms with E-state index >= 15 is 0 Å². The van der Waals surface area contributed by atoms with Crippen molar-refractivity contribution in [2.24, 2.45) is 11.8 Å². The molecule has 4 N–H and O–H groups in total. The molecule has 19 heavy (non-hydrogen) atoms. The van der Waals surface area contributed by atoms with Crippen molar-refractivity contribution < 1.29 is 39.6 Å². The fourth-order valence-electron chi connectivity index (χ4n) is 1.58. The Morgan fingerprint density at radius 3 is 1.05 bits per heavy atom. The van der Waals surface area contributed by atoms with Gasteiger partial charge in [0.15, 0.2) is 11.8 Å². The van der Waals surface area contributed by atoms with Gasteiger partial charge in [0.05, 0.1) is 0 Å². The monoisotopic (exact) mass is 276 g/mol. The molecule has 8 nitrogen and oxygen atoms in total. The van der Waals surface area contributed by atoms with Gasteiger partial charge in [-0.25, -0.2) is 0 Å². The van der Waals surface area contributed by atoms with Gasteiger partial charge in [-0.15, -0.1) is 0 Å². The van der Waals surface area contributed by atoms with Crippen LogP contribution in [0.2, 0.25) is 0 Å². The van der Waals surface area contributed by atoms with Gasteiger partial charge in [-0.05, 0) is 12.8 Å². The van der Waals surface area contributed by atoms with Crippen molar-refractivity contribution in [2.75, 3.05) is 0 Å². The lowest BCUT2D eigenvalue weighted by molar-refractivity contribution is -0.156. The first-order valence-corrected chi connectivity index (χ1v) is 5.68. The minimum atomic E-state index is -1.48. The summed E-state index contributed by atoms with van der Waals surface area (Å²) in [5.74, 6) is -8.62. The van der Waals surface area contributed by atoms with Crippen molar-refractivity contribution in [1.82, 2.24) is 0 Å². The van der Waals surface area contributed by atoms with Gasteiger partial charge in [0.2, 0.25) is 0 Å². The molecule has 0 aliphatic carbocycles. The van der Waals surface area contributed by atoms with Crippen molar-refractivity contribution in [3.63, 3.8) is 0 Å². The minimum absolute atomic E-state index is 0.0600. The maximum Gasteiger partial charge on any atom is 0.317 e. The number of rotatable bonds is 10. The number of unbranched alkanes of at least 4 members (excludes halogenated alkanes) is 2. The van der Waals surface area contributed by atoms with E-state index in [1.807, 2.05) is 0 Å². The van der Waals surface area contributed by atoms with Gasteiger partial charge in [-0.3, -0.25) is 19.2 Å². The Labute approximate surface area is 108 Å². The zero-order valence-corrected chi connectivity index (χ0v) is 10.1. The molecule has 0 heterocycles. The van der Waals surface area contributed by atoms with Crippen LogP contribution in [0, 0.1) is 11.8 Å². The van der Waals surface area contributed by atoms with E-state index in [9.17, 15) is 19.2 Å². The Balaban J connectivity index is 3.98. The predicted molar refractivity (Wildman–Crippen MR) is 60.6 cm³/mol. The summed E-state index contributed by atoms with van der Waals surface area (Å²) in [5, 5.41) is 34.4. The third-order valence-electron chi connectivity index (χ3n) is 2.68. The predicted octanol–water partition coefficient (Wildman–Crippen LogP) is 0.508. The average molecular weight is 276 g/mol. The molecule has 0 unspecified atom stereocenters. The van der Waals surface area contributed by atoms with Crippen molar-refractivity contribution >= 4 is 23.9 Å². The molecular weight excluding hydrogens is 260 g/mol. The van der Waals surface area contributed by atoms with Crippen LogP contribution in [0.5, 0.6) is 0 Å². The Morgan fingerprint density at radius 2 is 0.842 bits per heavy atom. The van der Waals surface area contributed by atoms with Crippen LogP contribution in [0.1, 0.15) is 32.1 Å². The first-order chi connectivity index (χ1) is 8.77. The first-order valence-electron chi connectivity index (χ1n) is 5.68. The molecule has 0 bridgehead atoms. The molecular formula is C11H16O8. The van der Waals surface area contributed by atoms with E-state index in [2.05, 4.69) is 0 Å². The third-order valence-corrected chi connectivity index (χ3v) is 2.68. The lowest BCUT2D eigenvalue weighted by atomic mass is 9.98. The minimum Gasteiger partial charge on any atom is -0.481 e. The summed E-state index contributed by atoms with van der Waals surface area (Å²) in [6.45, 7) is 0. The van der Waals surface area contributed by atoms with E-state index in [0.29, 0.717) is 6.42 Å². The third kappa shape index (κ3) is 6.39. The number of aliphatic carboxylic acids is 4. The van der Waals surface area contributed by atoms with Gasteiger partial charge in [0.1, 0.15) is 0 Å². The number of hydrogen-bond donors (Lipinski definition) is 4. The second-order valence-electron chi connectivity index (χ2n) is 4.10. The van der Waals surface area contributed by atoms with E-state index in [1.54, 1.807) is 0 Å². The summed E-state index contributed by atoms with van der Waals surface area (Å²) >= 11 is 0. The fourth-order valence-corrected chi connectivity index (χ4v) is 1.58. The van der Waals surface area contributed by atoms with Crippen LogP contribution in [0.15, 0.2) is 0 Å². The van der Waals surface area contributed by atoms with Crippen molar-refractivity contribution in [3.8, 4) is 0 Å². The number of hydrogen-bond acceptors (Lipinski definition) is 4. The molecule has 0 saturated carbocycles. The number of carboxylic acids is 4. The maximum absolute atomic E-state index is 10.6. The number of carboxylic acid groups (broad SMARTS) is 4. The first kappa shape index (κ1) is 16.9. The second kappa shape index (κ2) is 8.06. The van der Waals surface area contributed by atoms with Gasteiger partial charge in [-0.2, -0.15) is 0 Å². The van der Waals surface area contributed by atoms with Gasteiger partial charge in [0.25, 0.3) is 0 Å². The lowest BCUT2D eigenvalue weighted by Crippen LogP contribution is -2.24. The summed E-state index contributed by atoms with van der Waals surface area (Å²) in [6, 6.07) is 0. The highest BCUT2D eigenvalue weighted by Crippen LogP contribution is 2.15. The van der Waals surface area contributed by atoms with Gasteiger partial charge in [0, 0.05) is 0 Å². The van der Waals surface area contributed by atoms with Crippen LogP contribution in [-0.4, -0.2) is 44.3 Å².